The first kappa shape index (κ1) is 29.3. The van der Waals surface area contributed by atoms with E-state index in [2.05, 4.69) is 46.6 Å². The average molecular weight is 492 g/mol. The summed E-state index contributed by atoms with van der Waals surface area (Å²) in [5, 5.41) is 6.53. The molecule has 2 aromatic rings. The van der Waals surface area contributed by atoms with Crippen molar-refractivity contribution in [1.82, 2.24) is 15.6 Å². The van der Waals surface area contributed by atoms with Gasteiger partial charge in [0.25, 0.3) is 0 Å². The van der Waals surface area contributed by atoms with Crippen LogP contribution in [0.5, 0.6) is 5.75 Å². The van der Waals surface area contributed by atoms with Crippen molar-refractivity contribution >= 4 is 30.3 Å². The number of hydrogen-bond donors (Lipinski definition) is 3. The highest BCUT2D eigenvalue weighted by molar-refractivity contribution is 7.98. The highest BCUT2D eigenvalue weighted by atomic mass is 32.2. The van der Waals surface area contributed by atoms with E-state index in [1.165, 1.54) is 4.90 Å². The van der Waals surface area contributed by atoms with Gasteiger partial charge in [0.05, 0.1) is 6.61 Å². The molecule has 1 aromatic heterocycles. The van der Waals surface area contributed by atoms with Crippen LogP contribution in [0.2, 0.25) is 0 Å². The summed E-state index contributed by atoms with van der Waals surface area (Å²) in [4.78, 5) is 18.4. The van der Waals surface area contributed by atoms with Crippen LogP contribution >= 0.6 is 24.4 Å². The fraction of sp³-hybridized carbons (Fsp3) is 0.538. The van der Waals surface area contributed by atoms with Gasteiger partial charge in [-0.15, -0.1) is 24.4 Å². The third-order valence-corrected chi connectivity index (χ3v) is 6.22. The lowest BCUT2D eigenvalue weighted by molar-refractivity contribution is -0.130. The lowest BCUT2D eigenvalue weighted by atomic mass is 9.86. The molecule has 0 unspecified atom stereocenters. The Labute approximate surface area is 210 Å². The molecular weight excluding hydrogens is 450 g/mol. The van der Waals surface area contributed by atoms with Gasteiger partial charge in [-0.2, -0.15) is 0 Å². The van der Waals surface area contributed by atoms with Gasteiger partial charge in [0, 0.05) is 33.6 Å². The molecule has 1 amide bonds. The number of hydrogen-bond acceptors (Lipinski definition) is 6. The van der Waals surface area contributed by atoms with Gasteiger partial charge in [-0.25, -0.2) is 0 Å². The van der Waals surface area contributed by atoms with Crippen molar-refractivity contribution in [2.24, 2.45) is 5.41 Å². The number of thioether (sulfide) groups is 1. The lowest BCUT2D eigenvalue weighted by Crippen LogP contribution is -2.47. The molecule has 2 heterocycles. The number of amides is 1. The van der Waals surface area contributed by atoms with Crippen molar-refractivity contribution in [1.29, 1.82) is 0 Å². The molecule has 0 saturated carbocycles. The van der Waals surface area contributed by atoms with Crippen molar-refractivity contribution in [2.45, 2.75) is 69.2 Å². The van der Waals surface area contributed by atoms with Crippen LogP contribution in [0.3, 0.4) is 0 Å². The highest BCUT2D eigenvalue weighted by Crippen LogP contribution is 2.24. The Kier molecular flexibility index (Phi) is 15.0. The first-order valence-electron chi connectivity index (χ1n) is 11.8. The quantitative estimate of drug-likeness (QED) is 0.245. The number of benzene rings is 1. The molecule has 3 rings (SSSR count). The van der Waals surface area contributed by atoms with E-state index in [1.54, 1.807) is 24.2 Å². The van der Waals surface area contributed by atoms with E-state index in [0.717, 1.165) is 49.4 Å². The molecule has 184 valence electrons. The SMILES string of the molecule is CC.CSc1ccc(OCCCC(C)(C)C(=O)NC2CCNCC2)cc1.Sc1cccnc1. The Bertz CT molecular complexity index is 765. The van der Waals surface area contributed by atoms with Crippen LogP contribution in [0, 0.1) is 5.41 Å². The van der Waals surface area contributed by atoms with Crippen molar-refractivity contribution in [2.75, 3.05) is 26.0 Å². The molecular formula is C26H41N3O2S2. The zero-order valence-electron chi connectivity index (χ0n) is 20.8. The predicted octanol–water partition coefficient (Wildman–Crippen LogP) is 5.86. The molecule has 1 aromatic carbocycles. The van der Waals surface area contributed by atoms with Crippen molar-refractivity contribution in [3.05, 3.63) is 48.8 Å². The Balaban J connectivity index is 0.000000508. The molecule has 0 atom stereocenters. The van der Waals surface area contributed by atoms with Gasteiger partial charge in [-0.1, -0.05) is 27.7 Å². The van der Waals surface area contributed by atoms with Gasteiger partial charge in [0.2, 0.25) is 5.91 Å². The highest BCUT2D eigenvalue weighted by Gasteiger charge is 2.29. The van der Waals surface area contributed by atoms with Gasteiger partial charge >= 0.3 is 0 Å². The molecule has 0 bridgehead atoms. The van der Waals surface area contributed by atoms with Gasteiger partial charge < -0.3 is 15.4 Å². The van der Waals surface area contributed by atoms with Crippen LogP contribution in [0.1, 0.15) is 53.4 Å². The van der Waals surface area contributed by atoms with Crippen LogP contribution in [-0.2, 0) is 4.79 Å². The number of carbonyl (C=O) groups excluding carboxylic acids is 1. The van der Waals surface area contributed by atoms with Crippen molar-refractivity contribution < 1.29 is 9.53 Å². The van der Waals surface area contributed by atoms with Gasteiger partial charge in [-0.05, 0) is 81.4 Å². The average Bonchev–Trinajstić information content (AvgIpc) is 2.85. The maximum Gasteiger partial charge on any atom is 0.225 e. The second kappa shape index (κ2) is 16.8. The molecule has 1 fully saturated rings. The molecule has 0 spiro atoms. The number of ether oxygens (including phenoxy) is 1. The maximum atomic E-state index is 12.5. The van der Waals surface area contributed by atoms with E-state index in [4.69, 9.17) is 4.74 Å². The van der Waals surface area contributed by atoms with E-state index in [9.17, 15) is 4.79 Å². The minimum Gasteiger partial charge on any atom is -0.494 e. The van der Waals surface area contributed by atoms with E-state index in [1.807, 2.05) is 52.0 Å². The summed E-state index contributed by atoms with van der Waals surface area (Å²) in [7, 11) is 0. The summed E-state index contributed by atoms with van der Waals surface area (Å²) in [6.07, 6.45) is 9.23. The van der Waals surface area contributed by atoms with Gasteiger partial charge in [-0.3, -0.25) is 9.78 Å². The zero-order chi connectivity index (χ0) is 24.5. The van der Waals surface area contributed by atoms with Gasteiger partial charge in [0.15, 0.2) is 0 Å². The smallest absolute Gasteiger partial charge is 0.225 e. The number of pyridine rings is 1. The summed E-state index contributed by atoms with van der Waals surface area (Å²) in [5.41, 5.74) is -0.350. The molecule has 7 heteroatoms. The van der Waals surface area contributed by atoms with Crippen LogP contribution in [0.4, 0.5) is 0 Å². The van der Waals surface area contributed by atoms with E-state index < -0.39 is 0 Å². The molecule has 1 aliphatic heterocycles. The summed E-state index contributed by atoms with van der Waals surface area (Å²) in [6, 6.07) is 12.2. The van der Waals surface area contributed by atoms with E-state index in [-0.39, 0.29) is 11.3 Å². The normalized spacial score (nSPS) is 13.6. The molecule has 0 radical (unpaired) electrons. The number of piperidine rings is 1. The summed E-state index contributed by atoms with van der Waals surface area (Å²) in [5.74, 6) is 1.06. The van der Waals surface area contributed by atoms with Crippen molar-refractivity contribution in [3.63, 3.8) is 0 Å². The largest absolute Gasteiger partial charge is 0.494 e. The third kappa shape index (κ3) is 12.4. The number of aromatic nitrogens is 1. The Morgan fingerprint density at radius 1 is 1.21 bits per heavy atom. The molecule has 2 N–H and O–H groups in total. The number of nitrogens with one attached hydrogen (secondary N) is 2. The number of carbonyl (C=O) groups is 1. The summed E-state index contributed by atoms with van der Waals surface area (Å²) in [6.45, 7) is 10.7. The van der Waals surface area contributed by atoms with Crippen LogP contribution in [0.15, 0.2) is 58.6 Å². The standard InChI is InChI=1S/C19H30N2O2S.C5H5NS.C2H6/c1-19(2,18(22)21-15-9-12-20-13-10-15)11-4-14-23-16-5-7-17(24-3)8-6-16;7-5-2-1-3-6-4-5;1-2/h5-8,15,20H,4,9-14H2,1-3H3,(H,21,22);1-4,7H;1-2H3. The Morgan fingerprint density at radius 3 is 2.39 bits per heavy atom. The monoisotopic (exact) mass is 491 g/mol. The van der Waals surface area contributed by atoms with Crippen molar-refractivity contribution in [3.8, 4) is 5.75 Å². The molecule has 0 aliphatic carbocycles. The molecule has 33 heavy (non-hydrogen) atoms. The molecule has 1 saturated heterocycles. The minimum absolute atomic E-state index is 0.165. The lowest BCUT2D eigenvalue weighted by Gasteiger charge is -2.29. The fourth-order valence-corrected chi connectivity index (χ4v) is 3.75. The number of thiol groups is 1. The van der Waals surface area contributed by atoms with Crippen LogP contribution in [0.25, 0.3) is 0 Å². The number of rotatable bonds is 8. The topological polar surface area (TPSA) is 63.2 Å². The second-order valence-electron chi connectivity index (χ2n) is 8.22. The number of nitrogens with zero attached hydrogens (tertiary/aromatic N) is 1. The van der Waals surface area contributed by atoms with E-state index in [0.29, 0.717) is 12.6 Å². The van der Waals surface area contributed by atoms with Crippen LogP contribution < -0.4 is 15.4 Å². The van der Waals surface area contributed by atoms with E-state index >= 15 is 0 Å². The van der Waals surface area contributed by atoms with Crippen LogP contribution in [-0.4, -0.2) is 42.9 Å². The third-order valence-electron chi connectivity index (χ3n) is 5.21. The molecule has 1 aliphatic rings. The Hall–Kier alpha value is -1.70. The first-order valence-corrected chi connectivity index (χ1v) is 13.5. The Morgan fingerprint density at radius 2 is 1.88 bits per heavy atom. The predicted molar refractivity (Wildman–Crippen MR) is 144 cm³/mol. The fourth-order valence-electron chi connectivity index (χ4n) is 3.19. The summed E-state index contributed by atoms with van der Waals surface area (Å²) >= 11 is 5.74. The molecule has 5 nitrogen and oxygen atoms in total. The van der Waals surface area contributed by atoms with Gasteiger partial charge in [0.1, 0.15) is 5.75 Å². The second-order valence-corrected chi connectivity index (χ2v) is 9.62. The minimum atomic E-state index is -0.350. The first-order chi connectivity index (χ1) is 15.9. The maximum absolute atomic E-state index is 12.5. The zero-order valence-corrected chi connectivity index (χ0v) is 22.5. The summed E-state index contributed by atoms with van der Waals surface area (Å²) < 4.78 is 5.78.